The summed E-state index contributed by atoms with van der Waals surface area (Å²) in [5.41, 5.74) is 0.998. The molecule has 4 atom stereocenters. The Morgan fingerprint density at radius 2 is 2.10 bits per heavy atom. The van der Waals surface area contributed by atoms with Gasteiger partial charge in [-0.05, 0) is 30.6 Å². The van der Waals surface area contributed by atoms with E-state index in [-0.39, 0.29) is 0 Å². The summed E-state index contributed by atoms with van der Waals surface area (Å²) in [6.45, 7) is 7.19. The van der Waals surface area contributed by atoms with E-state index in [9.17, 15) is 0 Å². The molecule has 1 aliphatic rings. The zero-order chi connectivity index (χ0) is 7.56. The molecule has 4 unspecified atom stereocenters. The Hall–Kier alpha value is 0.430. The molecule has 0 heterocycles. The largest absolute Gasteiger partial charge is 0.122 e. The van der Waals surface area contributed by atoms with Crippen LogP contribution >= 0.6 is 8.58 Å². The van der Waals surface area contributed by atoms with E-state index in [1.54, 1.807) is 0 Å². The molecule has 0 N–H and O–H groups in total. The average Bonchev–Trinajstić information content (AvgIpc) is 2.34. The van der Waals surface area contributed by atoms with Crippen molar-refractivity contribution < 1.29 is 0 Å². The highest BCUT2D eigenvalue weighted by Crippen LogP contribution is 2.39. The molecular weight excluding hydrogens is 139 g/mol. The first-order valence-corrected chi connectivity index (χ1v) is 6.00. The van der Waals surface area contributed by atoms with Gasteiger partial charge in [0, 0.05) is 0 Å². The van der Waals surface area contributed by atoms with Gasteiger partial charge in [0.1, 0.15) is 0 Å². The van der Waals surface area contributed by atoms with Gasteiger partial charge in [0.15, 0.2) is 0 Å². The van der Waals surface area contributed by atoms with Gasteiger partial charge in [-0.2, -0.15) is 0 Å². The standard InChI is InChI=1S/C9H19P/c1-7-5-4-6-9(7)8(2)10-3/h7-10H,4-6H2,1-3H3. The summed E-state index contributed by atoms with van der Waals surface area (Å²) in [5, 5.41) is 0. The van der Waals surface area contributed by atoms with Gasteiger partial charge in [-0.3, -0.25) is 0 Å². The van der Waals surface area contributed by atoms with Crippen LogP contribution in [0.5, 0.6) is 0 Å². The summed E-state index contributed by atoms with van der Waals surface area (Å²) in [6, 6.07) is 0. The second-order valence-corrected chi connectivity index (χ2v) is 5.14. The molecule has 1 fully saturated rings. The minimum atomic E-state index is 0.998. The minimum Gasteiger partial charge on any atom is -0.122 e. The molecule has 0 spiro atoms. The fourth-order valence-electron chi connectivity index (χ4n) is 2.13. The lowest BCUT2D eigenvalue weighted by atomic mass is 9.95. The van der Waals surface area contributed by atoms with Crippen LogP contribution in [-0.2, 0) is 0 Å². The van der Waals surface area contributed by atoms with Crippen molar-refractivity contribution in [2.75, 3.05) is 6.66 Å². The van der Waals surface area contributed by atoms with E-state index in [0.29, 0.717) is 0 Å². The fourth-order valence-corrected chi connectivity index (χ4v) is 3.05. The molecule has 0 aromatic heterocycles. The third kappa shape index (κ3) is 1.72. The van der Waals surface area contributed by atoms with E-state index in [2.05, 4.69) is 20.5 Å². The van der Waals surface area contributed by atoms with Crippen LogP contribution in [0.3, 0.4) is 0 Å². The van der Waals surface area contributed by atoms with Crippen LogP contribution in [0.25, 0.3) is 0 Å². The summed E-state index contributed by atoms with van der Waals surface area (Å²) >= 11 is 0. The summed E-state index contributed by atoms with van der Waals surface area (Å²) in [5.74, 6) is 2.07. The van der Waals surface area contributed by atoms with E-state index < -0.39 is 0 Å². The number of hydrogen-bond acceptors (Lipinski definition) is 0. The molecule has 0 aromatic rings. The van der Waals surface area contributed by atoms with Gasteiger partial charge in [-0.25, -0.2) is 0 Å². The molecule has 1 saturated carbocycles. The van der Waals surface area contributed by atoms with E-state index >= 15 is 0 Å². The number of hydrogen-bond donors (Lipinski definition) is 0. The fraction of sp³-hybridized carbons (Fsp3) is 1.00. The predicted molar refractivity (Wildman–Crippen MR) is 50.2 cm³/mol. The van der Waals surface area contributed by atoms with Gasteiger partial charge < -0.3 is 0 Å². The van der Waals surface area contributed by atoms with Crippen LogP contribution in [0.1, 0.15) is 33.1 Å². The summed E-state index contributed by atoms with van der Waals surface area (Å²) in [4.78, 5) is 0. The summed E-state index contributed by atoms with van der Waals surface area (Å²) in [6.07, 6.45) is 4.48. The monoisotopic (exact) mass is 158 g/mol. The molecule has 10 heavy (non-hydrogen) atoms. The highest BCUT2D eigenvalue weighted by atomic mass is 31.1. The highest BCUT2D eigenvalue weighted by Gasteiger charge is 2.26. The van der Waals surface area contributed by atoms with Crippen molar-refractivity contribution in [3.63, 3.8) is 0 Å². The van der Waals surface area contributed by atoms with Gasteiger partial charge in [0.2, 0.25) is 0 Å². The smallest absolute Gasteiger partial charge is 0.0237 e. The molecule has 0 nitrogen and oxygen atoms in total. The lowest BCUT2D eigenvalue weighted by molar-refractivity contribution is 0.415. The third-order valence-corrected chi connectivity index (χ3v) is 4.36. The molecule has 0 saturated heterocycles. The van der Waals surface area contributed by atoms with Crippen molar-refractivity contribution in [3.8, 4) is 0 Å². The average molecular weight is 158 g/mol. The van der Waals surface area contributed by atoms with Gasteiger partial charge in [0.25, 0.3) is 0 Å². The van der Waals surface area contributed by atoms with Crippen molar-refractivity contribution >= 4 is 8.58 Å². The Morgan fingerprint density at radius 1 is 1.40 bits per heavy atom. The Morgan fingerprint density at radius 3 is 2.50 bits per heavy atom. The second kappa shape index (κ2) is 3.72. The third-order valence-electron chi connectivity index (χ3n) is 3.03. The first-order valence-electron chi connectivity index (χ1n) is 4.43. The summed E-state index contributed by atoms with van der Waals surface area (Å²) in [7, 11) is 1.15. The van der Waals surface area contributed by atoms with Crippen LogP contribution in [0.2, 0.25) is 0 Å². The topological polar surface area (TPSA) is 0 Å². The quantitative estimate of drug-likeness (QED) is 0.542. The number of rotatable bonds is 2. The SMILES string of the molecule is CPC(C)C1CCCC1C. The first kappa shape index (κ1) is 8.53. The minimum absolute atomic E-state index is 0.998. The molecule has 1 heteroatoms. The Bertz CT molecular complexity index is 101. The normalized spacial score (nSPS) is 37.5. The molecule has 1 rings (SSSR count). The van der Waals surface area contributed by atoms with Gasteiger partial charge in [-0.15, -0.1) is 8.58 Å². The van der Waals surface area contributed by atoms with Gasteiger partial charge in [0.05, 0.1) is 0 Å². The maximum absolute atomic E-state index is 2.42. The highest BCUT2D eigenvalue weighted by molar-refractivity contribution is 7.37. The summed E-state index contributed by atoms with van der Waals surface area (Å²) < 4.78 is 0. The van der Waals surface area contributed by atoms with Crippen molar-refractivity contribution in [3.05, 3.63) is 0 Å². The molecular formula is C9H19P. The van der Waals surface area contributed by atoms with Gasteiger partial charge >= 0.3 is 0 Å². The molecule has 0 radical (unpaired) electrons. The molecule has 0 aliphatic heterocycles. The maximum atomic E-state index is 2.42. The van der Waals surface area contributed by atoms with Crippen molar-refractivity contribution in [1.29, 1.82) is 0 Å². The van der Waals surface area contributed by atoms with Crippen molar-refractivity contribution in [2.24, 2.45) is 11.8 Å². The Kier molecular flexibility index (Phi) is 3.17. The zero-order valence-electron chi connectivity index (χ0n) is 7.35. The zero-order valence-corrected chi connectivity index (χ0v) is 8.35. The van der Waals surface area contributed by atoms with Crippen LogP contribution in [-0.4, -0.2) is 12.3 Å². The van der Waals surface area contributed by atoms with E-state index in [4.69, 9.17) is 0 Å². The Balaban J connectivity index is 2.38. The molecule has 0 aromatic carbocycles. The Labute approximate surface area is 66.6 Å². The molecule has 1 aliphatic carbocycles. The van der Waals surface area contributed by atoms with Crippen molar-refractivity contribution in [1.82, 2.24) is 0 Å². The van der Waals surface area contributed by atoms with E-state index in [0.717, 1.165) is 26.1 Å². The molecule has 60 valence electrons. The van der Waals surface area contributed by atoms with Gasteiger partial charge in [-0.1, -0.05) is 26.7 Å². The first-order chi connectivity index (χ1) is 4.75. The van der Waals surface area contributed by atoms with E-state index in [1.165, 1.54) is 19.3 Å². The lowest BCUT2D eigenvalue weighted by Gasteiger charge is -2.21. The van der Waals surface area contributed by atoms with E-state index in [1.807, 2.05) is 0 Å². The molecule has 0 bridgehead atoms. The lowest BCUT2D eigenvalue weighted by Crippen LogP contribution is -2.14. The molecule has 0 amide bonds. The van der Waals surface area contributed by atoms with Crippen LogP contribution in [0.15, 0.2) is 0 Å². The second-order valence-electron chi connectivity index (χ2n) is 3.65. The van der Waals surface area contributed by atoms with Crippen LogP contribution in [0.4, 0.5) is 0 Å². The maximum Gasteiger partial charge on any atom is -0.0237 e. The van der Waals surface area contributed by atoms with Crippen LogP contribution in [0, 0.1) is 11.8 Å². The predicted octanol–water partition coefficient (Wildman–Crippen LogP) is 3.12. The van der Waals surface area contributed by atoms with Crippen LogP contribution < -0.4 is 0 Å². The van der Waals surface area contributed by atoms with Crippen molar-refractivity contribution in [2.45, 2.75) is 38.8 Å².